The van der Waals surface area contributed by atoms with Crippen molar-refractivity contribution < 1.29 is 14.3 Å². The number of aromatic nitrogens is 1. The van der Waals surface area contributed by atoms with Crippen molar-refractivity contribution in [1.82, 2.24) is 15.2 Å². The van der Waals surface area contributed by atoms with Crippen LogP contribution < -0.4 is 5.32 Å². The van der Waals surface area contributed by atoms with Crippen molar-refractivity contribution in [1.29, 1.82) is 0 Å². The van der Waals surface area contributed by atoms with Gasteiger partial charge in [0.1, 0.15) is 5.69 Å². The van der Waals surface area contributed by atoms with Gasteiger partial charge in [-0.15, -0.1) is 0 Å². The Morgan fingerprint density at radius 2 is 1.65 bits per heavy atom. The summed E-state index contributed by atoms with van der Waals surface area (Å²) in [5.41, 5.74) is 3.09. The minimum atomic E-state index is -0.293. The van der Waals surface area contributed by atoms with Gasteiger partial charge < -0.3 is 15.0 Å². The number of pyridine rings is 1. The molecule has 1 fully saturated rings. The minimum absolute atomic E-state index is 0.0563. The lowest BCUT2D eigenvalue weighted by Gasteiger charge is -2.44. The van der Waals surface area contributed by atoms with Crippen LogP contribution in [0.3, 0.4) is 0 Å². The monoisotopic (exact) mass is 491 g/mol. The fraction of sp³-hybridized carbons (Fsp3) is 0.258. The highest BCUT2D eigenvalue weighted by Gasteiger charge is 2.54. The van der Waals surface area contributed by atoms with Crippen molar-refractivity contribution >= 4 is 22.6 Å². The van der Waals surface area contributed by atoms with Crippen LogP contribution in [-0.4, -0.2) is 48.0 Å². The minimum Gasteiger partial charge on any atom is -0.378 e. The van der Waals surface area contributed by atoms with Crippen molar-refractivity contribution in [2.45, 2.75) is 30.4 Å². The topological polar surface area (TPSA) is 71.5 Å². The van der Waals surface area contributed by atoms with Gasteiger partial charge in [-0.05, 0) is 59.0 Å². The predicted molar refractivity (Wildman–Crippen MR) is 142 cm³/mol. The third-order valence-corrected chi connectivity index (χ3v) is 8.06. The molecule has 2 atom stereocenters. The van der Waals surface area contributed by atoms with Crippen LogP contribution >= 0.6 is 0 Å². The second-order valence-electron chi connectivity index (χ2n) is 9.92. The largest absolute Gasteiger partial charge is 0.378 e. The van der Waals surface area contributed by atoms with Crippen molar-refractivity contribution in [3.8, 4) is 0 Å². The molecule has 0 bridgehead atoms. The average Bonchev–Trinajstić information content (AvgIpc) is 3.21. The number of hydrogen-bond donors (Lipinski definition) is 1. The molecule has 1 N–H and O–H groups in total. The van der Waals surface area contributed by atoms with E-state index in [1.165, 1.54) is 5.56 Å². The molecule has 2 heterocycles. The van der Waals surface area contributed by atoms with E-state index in [0.29, 0.717) is 24.3 Å². The van der Waals surface area contributed by atoms with Crippen LogP contribution in [0.4, 0.5) is 0 Å². The molecule has 2 amide bonds. The molecule has 3 aromatic carbocycles. The summed E-state index contributed by atoms with van der Waals surface area (Å²) in [5.74, 6) is -0.163. The molecule has 6 rings (SSSR count). The fourth-order valence-corrected chi connectivity index (χ4v) is 6.25. The Morgan fingerprint density at radius 1 is 0.919 bits per heavy atom. The van der Waals surface area contributed by atoms with E-state index in [1.807, 2.05) is 59.5 Å². The first-order chi connectivity index (χ1) is 18.1. The number of rotatable bonds is 4. The lowest BCUT2D eigenvalue weighted by molar-refractivity contribution is -0.00932. The van der Waals surface area contributed by atoms with E-state index in [-0.39, 0.29) is 29.4 Å². The van der Waals surface area contributed by atoms with Crippen LogP contribution in [0.25, 0.3) is 10.8 Å². The Bertz CT molecular complexity index is 1460. The molecule has 6 nitrogen and oxygen atoms in total. The lowest BCUT2D eigenvalue weighted by atomic mass is 9.71. The van der Waals surface area contributed by atoms with Gasteiger partial charge in [0.15, 0.2) is 0 Å². The molecule has 1 saturated heterocycles. The van der Waals surface area contributed by atoms with Gasteiger partial charge in [-0.3, -0.25) is 14.6 Å². The van der Waals surface area contributed by atoms with E-state index >= 15 is 0 Å². The molecule has 0 saturated carbocycles. The van der Waals surface area contributed by atoms with Gasteiger partial charge in [0.2, 0.25) is 0 Å². The number of hydrogen-bond acceptors (Lipinski definition) is 4. The van der Waals surface area contributed by atoms with Crippen molar-refractivity contribution in [3.63, 3.8) is 0 Å². The Balaban J connectivity index is 1.25. The van der Waals surface area contributed by atoms with E-state index in [9.17, 15) is 9.59 Å². The number of carbonyl (C=O) groups is 2. The zero-order valence-electron chi connectivity index (χ0n) is 20.8. The van der Waals surface area contributed by atoms with Crippen LogP contribution in [0.15, 0.2) is 91.1 Å². The lowest BCUT2D eigenvalue weighted by Crippen LogP contribution is -2.51. The normalized spacial score (nSPS) is 20.1. The maximum Gasteiger partial charge on any atom is 0.270 e. The van der Waals surface area contributed by atoms with Crippen LogP contribution in [0.1, 0.15) is 50.9 Å². The molecule has 0 radical (unpaired) electrons. The Labute approximate surface area is 216 Å². The van der Waals surface area contributed by atoms with Crippen LogP contribution in [0.5, 0.6) is 0 Å². The molecule has 2 aliphatic rings. The second-order valence-corrected chi connectivity index (χ2v) is 9.92. The third kappa shape index (κ3) is 3.98. The standard InChI is InChI=1S/C31H29N3O3/c1-37-28-27(33-29(35)26-12-6-7-17-32-26)24-10-4-5-11-25(24)31(28)15-18-34(19-16-31)30(36)23-14-13-21-8-2-3-9-22(21)20-23/h2-14,17,20,27-28H,15-16,18-19H2,1H3,(H,33,35)/t27-,28+/m1/s1. The number of benzene rings is 3. The molecule has 1 aromatic heterocycles. The first kappa shape index (κ1) is 23.4. The molecule has 1 spiro atoms. The predicted octanol–water partition coefficient (Wildman–Crippen LogP) is 4.91. The summed E-state index contributed by atoms with van der Waals surface area (Å²) < 4.78 is 6.13. The first-order valence-electron chi connectivity index (χ1n) is 12.7. The number of methoxy groups -OCH3 is 1. The number of fused-ring (bicyclic) bond motifs is 3. The summed E-state index contributed by atoms with van der Waals surface area (Å²) in [4.78, 5) is 32.7. The van der Waals surface area contributed by atoms with Crippen molar-refractivity contribution in [2.24, 2.45) is 0 Å². The second kappa shape index (κ2) is 9.45. The average molecular weight is 492 g/mol. The van der Waals surface area contributed by atoms with E-state index in [0.717, 1.165) is 29.2 Å². The smallest absolute Gasteiger partial charge is 0.270 e. The Hall–Kier alpha value is -4.03. The van der Waals surface area contributed by atoms with Crippen molar-refractivity contribution in [3.05, 3.63) is 114 Å². The molecule has 6 heteroatoms. The quantitative estimate of drug-likeness (QED) is 0.440. The summed E-state index contributed by atoms with van der Waals surface area (Å²) >= 11 is 0. The summed E-state index contributed by atoms with van der Waals surface area (Å²) in [6.45, 7) is 1.25. The first-order valence-corrected chi connectivity index (χ1v) is 12.7. The van der Waals surface area contributed by atoms with Gasteiger partial charge in [0.05, 0.1) is 12.1 Å². The number of piperidine rings is 1. The van der Waals surface area contributed by atoms with Crippen LogP contribution in [0.2, 0.25) is 0 Å². The highest BCUT2D eigenvalue weighted by molar-refractivity contribution is 5.98. The number of nitrogens with zero attached hydrogens (tertiary/aromatic N) is 2. The summed E-state index contributed by atoms with van der Waals surface area (Å²) in [6, 6.07) is 27.3. The maximum atomic E-state index is 13.4. The Kier molecular flexibility index (Phi) is 5.97. The molecule has 4 aromatic rings. The van der Waals surface area contributed by atoms with E-state index < -0.39 is 0 Å². The highest BCUT2D eigenvalue weighted by atomic mass is 16.5. The Morgan fingerprint density at radius 3 is 2.41 bits per heavy atom. The summed E-state index contributed by atoms with van der Waals surface area (Å²) in [6.07, 6.45) is 2.90. The van der Waals surface area contributed by atoms with Crippen LogP contribution in [0, 0.1) is 0 Å². The van der Waals surface area contributed by atoms with Crippen LogP contribution in [-0.2, 0) is 10.2 Å². The highest BCUT2D eigenvalue weighted by Crippen LogP contribution is 2.52. The van der Waals surface area contributed by atoms with Gasteiger partial charge in [-0.25, -0.2) is 0 Å². The maximum absolute atomic E-state index is 13.4. The van der Waals surface area contributed by atoms with Gasteiger partial charge in [-0.1, -0.05) is 60.7 Å². The molecular weight excluding hydrogens is 462 g/mol. The number of carbonyl (C=O) groups excluding carboxylic acids is 2. The SMILES string of the molecule is CO[C@H]1[C@H](NC(=O)c2ccccn2)c2ccccc2C12CCN(C(=O)c1ccc3ccccc3c1)CC2. The molecule has 0 unspecified atom stereocenters. The fourth-order valence-electron chi connectivity index (χ4n) is 6.25. The molecule has 37 heavy (non-hydrogen) atoms. The third-order valence-electron chi connectivity index (χ3n) is 8.06. The summed E-state index contributed by atoms with van der Waals surface area (Å²) in [7, 11) is 1.71. The zero-order chi connectivity index (χ0) is 25.4. The van der Waals surface area contributed by atoms with Gasteiger partial charge >= 0.3 is 0 Å². The van der Waals surface area contributed by atoms with Gasteiger partial charge in [-0.2, -0.15) is 0 Å². The number of likely N-dealkylation sites (tertiary alicyclic amines) is 1. The van der Waals surface area contributed by atoms with E-state index in [2.05, 4.69) is 28.5 Å². The number of nitrogens with one attached hydrogen (secondary N) is 1. The van der Waals surface area contributed by atoms with Gasteiger partial charge in [0, 0.05) is 37.4 Å². The van der Waals surface area contributed by atoms with E-state index in [4.69, 9.17) is 4.74 Å². The molecule has 186 valence electrons. The molecular formula is C31H29N3O3. The summed E-state index contributed by atoms with van der Waals surface area (Å²) in [5, 5.41) is 5.39. The zero-order valence-corrected chi connectivity index (χ0v) is 20.8. The molecule has 1 aliphatic heterocycles. The van der Waals surface area contributed by atoms with Gasteiger partial charge in [0.25, 0.3) is 11.8 Å². The van der Waals surface area contributed by atoms with E-state index in [1.54, 1.807) is 25.4 Å². The van der Waals surface area contributed by atoms with Crippen molar-refractivity contribution in [2.75, 3.05) is 20.2 Å². The number of amides is 2. The number of ether oxygens (including phenoxy) is 1. The molecule has 1 aliphatic carbocycles.